The second-order valence-electron chi connectivity index (χ2n) is 6.12. The van der Waals surface area contributed by atoms with Crippen molar-refractivity contribution in [2.24, 2.45) is 4.99 Å². The summed E-state index contributed by atoms with van der Waals surface area (Å²) in [6.07, 6.45) is 0.597. The van der Waals surface area contributed by atoms with Crippen LogP contribution >= 0.6 is 0 Å². The van der Waals surface area contributed by atoms with Gasteiger partial charge in [-0.3, -0.25) is 9.89 Å². The van der Waals surface area contributed by atoms with Crippen LogP contribution in [-0.4, -0.2) is 75.5 Å². The molecule has 0 aromatic rings. The fourth-order valence-electron chi connectivity index (χ4n) is 1.86. The van der Waals surface area contributed by atoms with Crippen molar-refractivity contribution in [1.82, 2.24) is 10.2 Å². The Balaban J connectivity index is 2.20. The number of amidine groups is 1. The van der Waals surface area contributed by atoms with Gasteiger partial charge in [-0.15, -0.1) is 0 Å². The molecule has 0 aromatic carbocycles. The molecule has 0 bridgehead atoms. The molecule has 1 amide bonds. The number of nitrogens with one attached hydrogen (secondary N) is 1. The zero-order valence-electron chi connectivity index (χ0n) is 14.2. The maximum Gasteiger partial charge on any atom is 0.410 e. The van der Waals surface area contributed by atoms with Crippen LogP contribution in [0.4, 0.5) is 4.79 Å². The van der Waals surface area contributed by atoms with Gasteiger partial charge in [0.2, 0.25) is 0 Å². The van der Waals surface area contributed by atoms with Crippen LogP contribution in [0.3, 0.4) is 0 Å². The van der Waals surface area contributed by atoms with Gasteiger partial charge in [-0.05, 0) is 27.2 Å². The van der Waals surface area contributed by atoms with E-state index in [1.165, 1.54) is 0 Å². The lowest BCUT2D eigenvalue weighted by Crippen LogP contribution is -2.47. The molecule has 0 radical (unpaired) electrons. The minimum atomic E-state index is -0.473. The zero-order valence-corrected chi connectivity index (χ0v) is 14.2. The highest BCUT2D eigenvalue weighted by Gasteiger charge is 2.24. The molecule has 7 heteroatoms. The zero-order chi connectivity index (χ0) is 16.4. The van der Waals surface area contributed by atoms with Crippen molar-refractivity contribution < 1.29 is 19.0 Å². The minimum absolute atomic E-state index is 0.287. The van der Waals surface area contributed by atoms with Crippen LogP contribution in [0.1, 0.15) is 27.2 Å². The maximum atomic E-state index is 12.0. The molecule has 1 rings (SSSR count). The lowest BCUT2D eigenvalue weighted by atomic mass is 10.2. The summed E-state index contributed by atoms with van der Waals surface area (Å²) in [4.78, 5) is 18.1. The van der Waals surface area contributed by atoms with Crippen LogP contribution in [-0.2, 0) is 14.2 Å². The molecule has 1 heterocycles. The van der Waals surface area contributed by atoms with Gasteiger partial charge in [0.25, 0.3) is 0 Å². The number of carbonyl (C=O) groups is 1. The molecule has 0 fully saturated rings. The van der Waals surface area contributed by atoms with Crippen molar-refractivity contribution in [1.29, 1.82) is 0 Å². The Labute approximate surface area is 133 Å². The number of methoxy groups -OCH3 is 1. The van der Waals surface area contributed by atoms with Crippen LogP contribution in [0.5, 0.6) is 0 Å². The summed E-state index contributed by atoms with van der Waals surface area (Å²) in [5, 5.41) is 3.25. The number of aliphatic imine (C=N–C) groups is 1. The second-order valence-corrected chi connectivity index (χ2v) is 6.12. The fourth-order valence-corrected chi connectivity index (χ4v) is 1.86. The van der Waals surface area contributed by atoms with Gasteiger partial charge in [0.1, 0.15) is 11.4 Å². The second kappa shape index (κ2) is 9.63. The lowest BCUT2D eigenvalue weighted by Gasteiger charge is -2.29. The Hall–Kier alpha value is -1.34. The first-order valence-electron chi connectivity index (χ1n) is 7.74. The molecule has 1 N–H and O–H groups in total. The third-order valence-electron chi connectivity index (χ3n) is 2.89. The Bertz CT molecular complexity index is 366. The predicted octanol–water partition coefficient (Wildman–Crippen LogP) is 1.28. The highest BCUT2D eigenvalue weighted by atomic mass is 16.6. The molecule has 0 saturated heterocycles. The molecule has 22 heavy (non-hydrogen) atoms. The summed E-state index contributed by atoms with van der Waals surface area (Å²) < 4.78 is 15.7. The van der Waals surface area contributed by atoms with Crippen LogP contribution in [0.2, 0.25) is 0 Å². The molecule has 1 aliphatic heterocycles. The van der Waals surface area contributed by atoms with E-state index in [9.17, 15) is 4.79 Å². The smallest absolute Gasteiger partial charge is 0.410 e. The van der Waals surface area contributed by atoms with Gasteiger partial charge in [-0.1, -0.05) is 0 Å². The van der Waals surface area contributed by atoms with E-state index in [1.807, 2.05) is 20.8 Å². The Morgan fingerprint density at radius 2 is 2.09 bits per heavy atom. The molecule has 128 valence electrons. The Kier molecular flexibility index (Phi) is 8.19. The summed E-state index contributed by atoms with van der Waals surface area (Å²) in [6, 6.07) is 0. The average Bonchev–Trinajstić information content (AvgIpc) is 2.45. The minimum Gasteiger partial charge on any atom is -0.444 e. The van der Waals surface area contributed by atoms with Crippen molar-refractivity contribution in [2.75, 3.05) is 53.1 Å². The van der Waals surface area contributed by atoms with Crippen molar-refractivity contribution in [3.05, 3.63) is 0 Å². The highest BCUT2D eigenvalue weighted by Crippen LogP contribution is 2.10. The molecule has 0 saturated carbocycles. The number of rotatable bonds is 7. The highest BCUT2D eigenvalue weighted by molar-refractivity contribution is 5.87. The van der Waals surface area contributed by atoms with E-state index in [-0.39, 0.29) is 6.09 Å². The molecule has 0 atom stereocenters. The van der Waals surface area contributed by atoms with Crippen molar-refractivity contribution in [3.8, 4) is 0 Å². The summed E-state index contributed by atoms with van der Waals surface area (Å²) >= 11 is 0. The molecule has 7 nitrogen and oxygen atoms in total. The molecule has 0 spiro atoms. The standard InChI is InChI=1S/C15H29N3O4/c1-15(2,3)22-14(19)18-8-7-17-13(12-18)16-6-5-9-21-11-10-20-4/h5-12H2,1-4H3,(H,16,17). The first-order valence-corrected chi connectivity index (χ1v) is 7.74. The fraction of sp³-hybridized carbons (Fsp3) is 0.867. The van der Waals surface area contributed by atoms with Gasteiger partial charge in [0.15, 0.2) is 0 Å². The number of hydrogen-bond donors (Lipinski definition) is 1. The van der Waals surface area contributed by atoms with E-state index >= 15 is 0 Å². The van der Waals surface area contributed by atoms with Crippen LogP contribution in [0.25, 0.3) is 0 Å². The number of hydrogen-bond acceptors (Lipinski definition) is 6. The number of nitrogens with zero attached hydrogens (tertiary/aromatic N) is 2. The Morgan fingerprint density at radius 3 is 2.77 bits per heavy atom. The molecule has 0 aliphatic carbocycles. The summed E-state index contributed by atoms with van der Waals surface area (Å²) in [7, 11) is 1.66. The van der Waals surface area contributed by atoms with Gasteiger partial charge in [-0.25, -0.2) is 4.79 Å². The molecule has 0 aromatic heterocycles. The Morgan fingerprint density at radius 1 is 1.32 bits per heavy atom. The third kappa shape index (κ3) is 8.19. The number of carbonyl (C=O) groups excluding carboxylic acids is 1. The first kappa shape index (κ1) is 18.7. The van der Waals surface area contributed by atoms with Crippen molar-refractivity contribution >= 4 is 11.9 Å². The number of amides is 1. The topological polar surface area (TPSA) is 72.4 Å². The van der Waals surface area contributed by atoms with Crippen molar-refractivity contribution in [2.45, 2.75) is 32.8 Å². The quantitative estimate of drug-likeness (QED) is 0.717. The van der Waals surface area contributed by atoms with Gasteiger partial charge >= 0.3 is 6.09 Å². The monoisotopic (exact) mass is 315 g/mol. The summed E-state index contributed by atoms with van der Waals surface area (Å²) in [5.74, 6) is 0.828. The van der Waals surface area contributed by atoms with E-state index < -0.39 is 5.60 Å². The SMILES string of the molecule is COCCOCCCNC1=NCCN(C(=O)OC(C)(C)C)C1. The van der Waals surface area contributed by atoms with E-state index in [0.29, 0.717) is 39.5 Å². The van der Waals surface area contributed by atoms with E-state index in [2.05, 4.69) is 10.3 Å². The summed E-state index contributed by atoms with van der Waals surface area (Å²) in [5.41, 5.74) is -0.473. The average molecular weight is 315 g/mol. The first-order chi connectivity index (χ1) is 10.4. The summed E-state index contributed by atoms with van der Waals surface area (Å²) in [6.45, 7) is 9.96. The van der Waals surface area contributed by atoms with Crippen LogP contribution < -0.4 is 5.32 Å². The molecule has 0 unspecified atom stereocenters. The van der Waals surface area contributed by atoms with Gasteiger partial charge in [0.05, 0.1) is 26.3 Å². The largest absolute Gasteiger partial charge is 0.444 e. The van der Waals surface area contributed by atoms with Crippen LogP contribution in [0, 0.1) is 0 Å². The van der Waals surface area contributed by atoms with E-state index in [1.54, 1.807) is 12.0 Å². The number of ether oxygens (including phenoxy) is 3. The van der Waals surface area contributed by atoms with E-state index in [0.717, 1.165) is 18.8 Å². The van der Waals surface area contributed by atoms with Crippen molar-refractivity contribution in [3.63, 3.8) is 0 Å². The van der Waals surface area contributed by atoms with Crippen LogP contribution in [0.15, 0.2) is 4.99 Å². The lowest BCUT2D eigenvalue weighted by molar-refractivity contribution is 0.0276. The third-order valence-corrected chi connectivity index (χ3v) is 2.89. The van der Waals surface area contributed by atoms with Gasteiger partial charge in [-0.2, -0.15) is 0 Å². The molecular weight excluding hydrogens is 286 g/mol. The van der Waals surface area contributed by atoms with E-state index in [4.69, 9.17) is 14.2 Å². The maximum absolute atomic E-state index is 12.0. The van der Waals surface area contributed by atoms with Gasteiger partial charge in [0, 0.05) is 26.8 Å². The molecular formula is C15H29N3O4. The normalized spacial score (nSPS) is 15.5. The van der Waals surface area contributed by atoms with Gasteiger partial charge < -0.3 is 19.5 Å². The predicted molar refractivity (Wildman–Crippen MR) is 85.4 cm³/mol. The molecule has 1 aliphatic rings.